The predicted molar refractivity (Wildman–Crippen MR) is 106 cm³/mol. The molecule has 1 amide bonds. The van der Waals surface area contributed by atoms with Crippen LogP contribution >= 0.6 is 0 Å². The van der Waals surface area contributed by atoms with Crippen LogP contribution in [0.25, 0.3) is 11.1 Å². The molecular formula is C21H19NO4S. The lowest BCUT2D eigenvalue weighted by molar-refractivity contribution is -0.118. The Balaban J connectivity index is 1.65. The molecule has 0 unspecified atom stereocenters. The van der Waals surface area contributed by atoms with Gasteiger partial charge in [0.1, 0.15) is 5.75 Å². The summed E-state index contributed by atoms with van der Waals surface area (Å²) < 4.78 is 28.6. The molecule has 0 aliphatic rings. The molecule has 0 bridgehead atoms. The van der Waals surface area contributed by atoms with Gasteiger partial charge in [0.05, 0.1) is 4.90 Å². The number of amides is 1. The highest BCUT2D eigenvalue weighted by Gasteiger charge is 2.10. The van der Waals surface area contributed by atoms with Crippen LogP contribution in [0.2, 0.25) is 0 Å². The van der Waals surface area contributed by atoms with Crippen molar-refractivity contribution in [2.24, 2.45) is 0 Å². The van der Waals surface area contributed by atoms with Gasteiger partial charge in [0.25, 0.3) is 5.91 Å². The van der Waals surface area contributed by atoms with Crippen LogP contribution in [0.1, 0.15) is 0 Å². The van der Waals surface area contributed by atoms with Crippen molar-refractivity contribution in [1.82, 2.24) is 0 Å². The average molecular weight is 381 g/mol. The predicted octanol–water partition coefficient (Wildman–Crippen LogP) is 3.77. The van der Waals surface area contributed by atoms with Crippen molar-refractivity contribution in [3.05, 3.63) is 78.9 Å². The zero-order valence-electron chi connectivity index (χ0n) is 14.8. The summed E-state index contributed by atoms with van der Waals surface area (Å²) in [5.41, 5.74) is 2.42. The van der Waals surface area contributed by atoms with E-state index in [2.05, 4.69) is 5.32 Å². The minimum atomic E-state index is -3.26. The van der Waals surface area contributed by atoms with E-state index in [1.807, 2.05) is 54.6 Å². The number of hydrogen-bond donors (Lipinski definition) is 1. The van der Waals surface area contributed by atoms with Crippen molar-refractivity contribution in [3.63, 3.8) is 0 Å². The van der Waals surface area contributed by atoms with Crippen LogP contribution in [0.15, 0.2) is 83.8 Å². The summed E-state index contributed by atoms with van der Waals surface area (Å²) >= 11 is 0. The average Bonchev–Trinajstić information content (AvgIpc) is 2.67. The van der Waals surface area contributed by atoms with Gasteiger partial charge >= 0.3 is 0 Å². The van der Waals surface area contributed by atoms with Gasteiger partial charge in [-0.25, -0.2) is 8.42 Å². The highest BCUT2D eigenvalue weighted by Crippen LogP contribution is 2.29. The molecule has 0 saturated heterocycles. The summed E-state index contributed by atoms with van der Waals surface area (Å²) in [6.07, 6.45) is 1.14. The molecule has 1 N–H and O–H groups in total. The summed E-state index contributed by atoms with van der Waals surface area (Å²) in [5.74, 6) is 0.288. The quantitative estimate of drug-likeness (QED) is 0.705. The third-order valence-corrected chi connectivity index (χ3v) is 5.03. The number of rotatable bonds is 6. The minimum Gasteiger partial charge on any atom is -0.483 e. The van der Waals surface area contributed by atoms with Crippen LogP contribution in [0.4, 0.5) is 5.69 Å². The Kier molecular flexibility index (Phi) is 5.57. The largest absolute Gasteiger partial charge is 0.483 e. The van der Waals surface area contributed by atoms with Crippen LogP contribution < -0.4 is 10.1 Å². The molecule has 0 aliphatic carbocycles. The fraction of sp³-hybridized carbons (Fsp3) is 0.0952. The third-order valence-electron chi connectivity index (χ3n) is 3.90. The first kappa shape index (κ1) is 18.7. The molecule has 3 rings (SSSR count). The Hall–Kier alpha value is -3.12. The monoisotopic (exact) mass is 381 g/mol. The lowest BCUT2D eigenvalue weighted by Gasteiger charge is -2.12. The summed E-state index contributed by atoms with van der Waals surface area (Å²) in [7, 11) is -3.26. The zero-order chi connectivity index (χ0) is 19.3. The van der Waals surface area contributed by atoms with Crippen molar-refractivity contribution in [2.75, 3.05) is 18.2 Å². The second kappa shape index (κ2) is 8.05. The molecule has 0 aliphatic heterocycles. The van der Waals surface area contributed by atoms with Gasteiger partial charge in [-0.3, -0.25) is 4.79 Å². The fourth-order valence-electron chi connectivity index (χ4n) is 2.57. The summed E-state index contributed by atoms with van der Waals surface area (Å²) in [5, 5.41) is 2.69. The van der Waals surface area contributed by atoms with Crippen LogP contribution in [0.3, 0.4) is 0 Å². The van der Waals surface area contributed by atoms with Crippen molar-refractivity contribution >= 4 is 21.4 Å². The van der Waals surface area contributed by atoms with Crippen molar-refractivity contribution in [2.45, 2.75) is 4.90 Å². The first-order chi connectivity index (χ1) is 12.9. The highest BCUT2D eigenvalue weighted by atomic mass is 32.2. The van der Waals surface area contributed by atoms with Gasteiger partial charge in [0.2, 0.25) is 0 Å². The molecule has 5 nitrogen and oxygen atoms in total. The van der Waals surface area contributed by atoms with E-state index in [-0.39, 0.29) is 17.4 Å². The van der Waals surface area contributed by atoms with Crippen LogP contribution in [-0.4, -0.2) is 27.2 Å². The molecule has 6 heteroatoms. The van der Waals surface area contributed by atoms with E-state index in [1.165, 1.54) is 12.1 Å². The number of anilines is 1. The van der Waals surface area contributed by atoms with Crippen molar-refractivity contribution < 1.29 is 17.9 Å². The van der Waals surface area contributed by atoms with E-state index in [0.29, 0.717) is 11.4 Å². The molecule has 0 spiro atoms. The Morgan fingerprint density at radius 3 is 2.19 bits per heavy atom. The lowest BCUT2D eigenvalue weighted by Crippen LogP contribution is -2.20. The maximum absolute atomic E-state index is 12.2. The number of ether oxygens (including phenoxy) is 1. The van der Waals surface area contributed by atoms with E-state index in [9.17, 15) is 13.2 Å². The lowest BCUT2D eigenvalue weighted by atomic mass is 10.1. The number of benzene rings is 3. The second-order valence-electron chi connectivity index (χ2n) is 6.00. The molecule has 0 radical (unpaired) electrons. The molecule has 138 valence electrons. The zero-order valence-corrected chi connectivity index (χ0v) is 15.6. The van der Waals surface area contributed by atoms with Gasteiger partial charge in [0.15, 0.2) is 16.4 Å². The first-order valence-electron chi connectivity index (χ1n) is 8.31. The van der Waals surface area contributed by atoms with Crippen LogP contribution in [0.5, 0.6) is 5.75 Å². The Morgan fingerprint density at radius 2 is 1.52 bits per heavy atom. The summed E-state index contributed by atoms with van der Waals surface area (Å²) in [4.78, 5) is 12.4. The normalized spacial score (nSPS) is 11.0. The SMILES string of the molecule is CS(=O)(=O)c1ccc(NC(=O)COc2ccccc2-c2ccccc2)cc1. The molecule has 0 aromatic heterocycles. The smallest absolute Gasteiger partial charge is 0.262 e. The first-order valence-corrected chi connectivity index (χ1v) is 10.2. The number of sulfone groups is 1. The molecule has 0 fully saturated rings. The minimum absolute atomic E-state index is 0.155. The van der Waals surface area contributed by atoms with Gasteiger partial charge in [-0.1, -0.05) is 48.5 Å². The molecule has 0 saturated carbocycles. The Bertz CT molecular complexity index is 1030. The maximum Gasteiger partial charge on any atom is 0.262 e. The number of nitrogens with one attached hydrogen (secondary N) is 1. The van der Waals surface area contributed by atoms with Crippen molar-refractivity contribution in [3.8, 4) is 16.9 Å². The van der Waals surface area contributed by atoms with Crippen molar-refractivity contribution in [1.29, 1.82) is 0 Å². The fourth-order valence-corrected chi connectivity index (χ4v) is 3.21. The Labute approximate surface area is 158 Å². The molecular weight excluding hydrogens is 362 g/mol. The third kappa shape index (κ3) is 4.95. The summed E-state index contributed by atoms with van der Waals surface area (Å²) in [6.45, 7) is -0.155. The molecule has 27 heavy (non-hydrogen) atoms. The molecule has 3 aromatic rings. The maximum atomic E-state index is 12.2. The second-order valence-corrected chi connectivity index (χ2v) is 8.01. The van der Waals surface area contributed by atoms with Gasteiger partial charge in [0, 0.05) is 17.5 Å². The molecule has 0 atom stereocenters. The van der Waals surface area contributed by atoms with E-state index in [1.54, 1.807) is 12.1 Å². The number of para-hydroxylation sites is 1. The van der Waals surface area contributed by atoms with Gasteiger partial charge in [-0.2, -0.15) is 0 Å². The van der Waals surface area contributed by atoms with Gasteiger partial charge in [-0.15, -0.1) is 0 Å². The van der Waals surface area contributed by atoms with E-state index < -0.39 is 9.84 Å². The number of hydrogen-bond acceptors (Lipinski definition) is 4. The molecule has 0 heterocycles. The van der Waals surface area contributed by atoms with E-state index >= 15 is 0 Å². The topological polar surface area (TPSA) is 72.5 Å². The summed E-state index contributed by atoms with van der Waals surface area (Å²) in [6, 6.07) is 23.3. The highest BCUT2D eigenvalue weighted by molar-refractivity contribution is 7.90. The number of carbonyl (C=O) groups excluding carboxylic acids is 1. The van der Waals surface area contributed by atoms with Gasteiger partial charge in [-0.05, 0) is 35.9 Å². The van der Waals surface area contributed by atoms with Gasteiger partial charge < -0.3 is 10.1 Å². The molecule has 3 aromatic carbocycles. The van der Waals surface area contributed by atoms with Crippen LogP contribution in [0, 0.1) is 0 Å². The number of carbonyl (C=O) groups is 1. The van der Waals surface area contributed by atoms with Crippen LogP contribution in [-0.2, 0) is 14.6 Å². The Morgan fingerprint density at radius 1 is 0.889 bits per heavy atom. The van der Waals surface area contributed by atoms with E-state index in [0.717, 1.165) is 17.4 Å². The van der Waals surface area contributed by atoms with E-state index in [4.69, 9.17) is 4.74 Å². The standard InChI is InChI=1S/C21H19NO4S/c1-27(24,25)18-13-11-17(12-14-18)22-21(23)15-26-20-10-6-5-9-19(20)16-7-3-2-4-8-16/h2-14H,15H2,1H3,(H,22,23).